The van der Waals surface area contributed by atoms with E-state index in [-0.39, 0.29) is 24.2 Å². The summed E-state index contributed by atoms with van der Waals surface area (Å²) in [6.45, 7) is 2.13. The molecule has 156 valence electrons. The summed E-state index contributed by atoms with van der Waals surface area (Å²) >= 11 is 0. The predicted molar refractivity (Wildman–Crippen MR) is 116 cm³/mol. The van der Waals surface area contributed by atoms with Crippen LogP contribution in [0.5, 0.6) is 0 Å². The summed E-state index contributed by atoms with van der Waals surface area (Å²) in [5.74, 6) is 6.42. The average Bonchev–Trinajstić information content (AvgIpc) is 3.39. The number of methoxy groups -OCH3 is 1. The molecular formula is C25H28N2O3. The summed E-state index contributed by atoms with van der Waals surface area (Å²) in [4.78, 5) is 16.9. The molecule has 0 aromatic heterocycles. The van der Waals surface area contributed by atoms with Crippen LogP contribution in [0.2, 0.25) is 0 Å². The third kappa shape index (κ3) is 2.82. The fraction of sp³-hybridized carbons (Fsp3) is 0.480. The molecule has 1 unspecified atom stereocenters. The Bertz CT molecular complexity index is 997. The maximum absolute atomic E-state index is 12.4. The maximum atomic E-state index is 12.4. The van der Waals surface area contributed by atoms with Gasteiger partial charge in [0.15, 0.2) is 5.60 Å². The topological polar surface area (TPSA) is 42.0 Å². The number of hydrogen-bond acceptors (Lipinski definition) is 5. The van der Waals surface area contributed by atoms with Gasteiger partial charge in [-0.3, -0.25) is 4.90 Å². The van der Waals surface area contributed by atoms with Crippen molar-refractivity contribution in [1.29, 1.82) is 0 Å². The fourth-order valence-corrected chi connectivity index (χ4v) is 5.72. The van der Waals surface area contributed by atoms with E-state index in [0.717, 1.165) is 41.7 Å². The van der Waals surface area contributed by atoms with Crippen molar-refractivity contribution in [2.24, 2.45) is 0 Å². The molecular weight excluding hydrogens is 376 g/mol. The molecule has 0 saturated carbocycles. The van der Waals surface area contributed by atoms with Crippen molar-refractivity contribution in [2.75, 3.05) is 26.1 Å². The SMILES string of the molecule is COC(C)[C@H]1CC[C@H]2N1[C@@H]1C=C(C#Cc3ccc(N(C)C)cc3)C3=CC(=O)O[C@@]32C1. The minimum absolute atomic E-state index is 0.147. The minimum Gasteiger partial charge on any atom is -0.449 e. The smallest absolute Gasteiger partial charge is 0.332 e. The highest BCUT2D eigenvalue weighted by Crippen LogP contribution is 2.56. The summed E-state index contributed by atoms with van der Waals surface area (Å²) in [7, 11) is 5.82. The van der Waals surface area contributed by atoms with Gasteiger partial charge in [0.1, 0.15) is 0 Å². The molecule has 1 aromatic rings. The Balaban J connectivity index is 1.50. The fourth-order valence-electron chi connectivity index (χ4n) is 5.72. The van der Waals surface area contributed by atoms with Crippen molar-refractivity contribution >= 4 is 11.7 Å². The quantitative estimate of drug-likeness (QED) is 0.572. The molecule has 5 atom stereocenters. The third-order valence-electron chi connectivity index (χ3n) is 7.20. The van der Waals surface area contributed by atoms with Gasteiger partial charge < -0.3 is 14.4 Å². The predicted octanol–water partition coefficient (Wildman–Crippen LogP) is 2.91. The number of nitrogens with zero attached hydrogens (tertiary/aromatic N) is 2. The summed E-state index contributed by atoms with van der Waals surface area (Å²) in [6.07, 6.45) is 6.96. The summed E-state index contributed by atoms with van der Waals surface area (Å²) in [5.41, 5.74) is 3.47. The van der Waals surface area contributed by atoms with Gasteiger partial charge in [-0.1, -0.05) is 17.9 Å². The molecule has 4 aliphatic rings. The molecule has 2 saturated heterocycles. The van der Waals surface area contributed by atoms with Crippen molar-refractivity contribution in [3.63, 3.8) is 0 Å². The lowest BCUT2D eigenvalue weighted by Gasteiger charge is -2.33. The highest BCUT2D eigenvalue weighted by molar-refractivity contribution is 5.90. The average molecular weight is 405 g/mol. The van der Waals surface area contributed by atoms with Gasteiger partial charge >= 0.3 is 5.97 Å². The van der Waals surface area contributed by atoms with Crippen LogP contribution < -0.4 is 4.90 Å². The maximum Gasteiger partial charge on any atom is 0.332 e. The molecule has 2 bridgehead atoms. The number of carbonyl (C=O) groups is 1. The molecule has 0 radical (unpaired) electrons. The van der Waals surface area contributed by atoms with Gasteiger partial charge in [-0.2, -0.15) is 0 Å². The van der Waals surface area contributed by atoms with Gasteiger partial charge in [-0.25, -0.2) is 4.79 Å². The second-order valence-corrected chi connectivity index (χ2v) is 8.96. The zero-order valence-corrected chi connectivity index (χ0v) is 18.0. The lowest BCUT2D eigenvalue weighted by atomic mass is 9.77. The van der Waals surface area contributed by atoms with Crippen LogP contribution in [0.15, 0.2) is 47.6 Å². The van der Waals surface area contributed by atoms with Crippen LogP contribution in [0.1, 0.15) is 31.7 Å². The van der Waals surface area contributed by atoms with E-state index in [1.165, 1.54) is 0 Å². The van der Waals surface area contributed by atoms with Crippen LogP contribution >= 0.6 is 0 Å². The Hall–Kier alpha value is -2.55. The first-order valence-corrected chi connectivity index (χ1v) is 10.7. The first kappa shape index (κ1) is 19.4. The lowest BCUT2D eigenvalue weighted by Crippen LogP contribution is -2.47. The first-order valence-electron chi connectivity index (χ1n) is 10.7. The van der Waals surface area contributed by atoms with Gasteiger partial charge in [0, 0.05) is 68.2 Å². The molecule has 5 nitrogen and oxygen atoms in total. The normalized spacial score (nSPS) is 32.4. The largest absolute Gasteiger partial charge is 0.449 e. The van der Waals surface area contributed by atoms with E-state index in [1.807, 2.05) is 26.2 Å². The van der Waals surface area contributed by atoms with E-state index in [9.17, 15) is 4.79 Å². The van der Waals surface area contributed by atoms with E-state index in [0.29, 0.717) is 6.04 Å². The number of ether oxygens (including phenoxy) is 2. The zero-order valence-electron chi connectivity index (χ0n) is 18.0. The molecule has 3 aliphatic heterocycles. The number of anilines is 1. The van der Waals surface area contributed by atoms with Crippen molar-refractivity contribution in [3.05, 3.63) is 53.1 Å². The Morgan fingerprint density at radius 3 is 2.70 bits per heavy atom. The molecule has 5 heteroatoms. The first-order chi connectivity index (χ1) is 14.4. The molecule has 0 amide bonds. The molecule has 5 rings (SSSR count). The number of benzene rings is 1. The molecule has 3 heterocycles. The summed E-state index contributed by atoms with van der Waals surface area (Å²) in [6, 6.07) is 8.98. The van der Waals surface area contributed by atoms with Gasteiger partial charge in [0.25, 0.3) is 0 Å². The monoisotopic (exact) mass is 404 g/mol. The number of rotatable bonds is 3. The number of fused-ring (bicyclic) bond motifs is 3. The number of hydrogen-bond donors (Lipinski definition) is 0. The molecule has 2 fully saturated rings. The molecule has 30 heavy (non-hydrogen) atoms. The van der Waals surface area contributed by atoms with Crippen molar-refractivity contribution in [2.45, 2.75) is 56.0 Å². The Morgan fingerprint density at radius 2 is 2.00 bits per heavy atom. The van der Waals surface area contributed by atoms with Gasteiger partial charge in [0.2, 0.25) is 0 Å². The van der Waals surface area contributed by atoms with Gasteiger partial charge in [0.05, 0.1) is 12.1 Å². The molecule has 1 spiro atoms. The highest BCUT2D eigenvalue weighted by atomic mass is 16.6. The molecule has 0 N–H and O–H groups in total. The van der Waals surface area contributed by atoms with E-state index in [2.05, 4.69) is 46.8 Å². The van der Waals surface area contributed by atoms with Gasteiger partial charge in [-0.05, 0) is 44.0 Å². The molecule has 1 aromatic carbocycles. The zero-order chi connectivity index (χ0) is 21.0. The van der Waals surface area contributed by atoms with Crippen LogP contribution in [0.25, 0.3) is 0 Å². The van der Waals surface area contributed by atoms with Crippen LogP contribution in [-0.2, 0) is 14.3 Å². The van der Waals surface area contributed by atoms with Crippen LogP contribution in [0, 0.1) is 11.8 Å². The highest BCUT2D eigenvalue weighted by Gasteiger charge is 2.64. The minimum atomic E-state index is -0.544. The van der Waals surface area contributed by atoms with E-state index >= 15 is 0 Å². The van der Waals surface area contributed by atoms with Crippen molar-refractivity contribution in [1.82, 2.24) is 4.90 Å². The van der Waals surface area contributed by atoms with Gasteiger partial charge in [-0.15, -0.1) is 0 Å². The molecule has 1 aliphatic carbocycles. The van der Waals surface area contributed by atoms with E-state index in [4.69, 9.17) is 9.47 Å². The van der Waals surface area contributed by atoms with Crippen molar-refractivity contribution in [3.8, 4) is 11.8 Å². The van der Waals surface area contributed by atoms with E-state index in [1.54, 1.807) is 13.2 Å². The van der Waals surface area contributed by atoms with E-state index < -0.39 is 5.60 Å². The number of carbonyl (C=O) groups excluding carboxylic acids is 1. The van der Waals surface area contributed by atoms with Crippen molar-refractivity contribution < 1.29 is 14.3 Å². The second kappa shape index (κ2) is 7.01. The summed E-state index contributed by atoms with van der Waals surface area (Å²) < 4.78 is 11.7. The lowest BCUT2D eigenvalue weighted by molar-refractivity contribution is -0.147. The van der Waals surface area contributed by atoms with Crippen LogP contribution in [0.3, 0.4) is 0 Å². The number of esters is 1. The second-order valence-electron chi connectivity index (χ2n) is 8.96. The Morgan fingerprint density at radius 1 is 1.23 bits per heavy atom. The Labute approximate surface area is 178 Å². The Kier molecular flexibility index (Phi) is 4.53. The van der Waals surface area contributed by atoms with Crippen LogP contribution in [0.4, 0.5) is 5.69 Å². The summed E-state index contributed by atoms with van der Waals surface area (Å²) in [5, 5.41) is 0. The standard InChI is InChI=1S/C25H28N2O3/c1-16(29-4)22-11-12-23-25-15-20(27(22)23)13-18(21(25)14-24(28)30-25)8-5-17-6-9-19(10-7-17)26(2)3/h6-7,9-10,13-14,16,20,22-23H,11-12,15H2,1-4H3/t16?,20-,22-,23-,25+/m1/s1. The van der Waals surface area contributed by atoms with Crippen LogP contribution in [-0.4, -0.2) is 61.9 Å². The third-order valence-corrected chi connectivity index (χ3v) is 7.20.